The zero-order valence-electron chi connectivity index (χ0n) is 17.5. The van der Waals surface area contributed by atoms with E-state index in [0.717, 1.165) is 37.2 Å². The van der Waals surface area contributed by atoms with Crippen LogP contribution in [0.4, 0.5) is 4.39 Å². The van der Waals surface area contributed by atoms with E-state index in [1.54, 1.807) is 12.1 Å². The van der Waals surface area contributed by atoms with E-state index in [0.29, 0.717) is 18.7 Å². The van der Waals surface area contributed by atoms with Crippen molar-refractivity contribution in [2.24, 2.45) is 0 Å². The number of hydrogen-bond donors (Lipinski definition) is 1. The molecule has 1 unspecified atom stereocenters. The molecule has 160 valence electrons. The summed E-state index contributed by atoms with van der Waals surface area (Å²) in [5.74, 6) is 0.554. The van der Waals surface area contributed by atoms with Crippen LogP contribution in [0.3, 0.4) is 0 Å². The molecular weight excluding hydrogens is 391 g/mol. The summed E-state index contributed by atoms with van der Waals surface area (Å²) in [7, 11) is 0. The minimum atomic E-state index is -0.341. The van der Waals surface area contributed by atoms with E-state index in [1.807, 2.05) is 53.4 Å². The van der Waals surface area contributed by atoms with Crippen LogP contribution in [0.2, 0.25) is 0 Å². The second-order valence-corrected chi connectivity index (χ2v) is 7.83. The number of rotatable bonds is 9. The van der Waals surface area contributed by atoms with Gasteiger partial charge in [-0.15, -0.1) is 0 Å². The normalized spacial score (nSPS) is 14.7. The molecule has 1 heterocycles. The third-order valence-corrected chi connectivity index (χ3v) is 5.46. The molecule has 1 N–H and O–H groups in total. The van der Waals surface area contributed by atoms with Gasteiger partial charge in [-0.25, -0.2) is 4.39 Å². The van der Waals surface area contributed by atoms with Crippen molar-refractivity contribution in [1.29, 1.82) is 0 Å². The zero-order chi connectivity index (χ0) is 21.5. The number of halogens is 1. The molecule has 0 spiro atoms. The summed E-state index contributed by atoms with van der Waals surface area (Å²) >= 11 is 0. The van der Waals surface area contributed by atoms with Crippen LogP contribution in [0.1, 0.15) is 27.9 Å². The maximum atomic E-state index is 13.3. The fourth-order valence-electron chi connectivity index (χ4n) is 3.86. The number of carbonyl (C=O) groups is 1. The smallest absolute Gasteiger partial charge is 0.254 e. The minimum absolute atomic E-state index is 0.0848. The van der Waals surface area contributed by atoms with Gasteiger partial charge < -0.3 is 15.0 Å². The summed E-state index contributed by atoms with van der Waals surface area (Å²) in [5.41, 5.74) is 2.83. The Labute approximate surface area is 182 Å². The highest BCUT2D eigenvalue weighted by atomic mass is 19.1. The maximum absolute atomic E-state index is 13.3. The highest BCUT2D eigenvalue weighted by molar-refractivity contribution is 5.94. The van der Waals surface area contributed by atoms with Gasteiger partial charge in [0.05, 0.1) is 0 Å². The quantitative estimate of drug-likeness (QED) is 0.522. The molecule has 1 amide bonds. The van der Waals surface area contributed by atoms with Crippen molar-refractivity contribution in [2.75, 3.05) is 19.6 Å². The Kier molecular flexibility index (Phi) is 6.95. The first-order chi connectivity index (χ1) is 15.2. The van der Waals surface area contributed by atoms with Crippen molar-refractivity contribution < 1.29 is 13.9 Å². The largest absolute Gasteiger partial charge is 0.488 e. The molecule has 0 radical (unpaired) electrons. The Hall–Kier alpha value is -3.18. The molecule has 31 heavy (non-hydrogen) atoms. The molecular formula is C26H27FN2O2. The van der Waals surface area contributed by atoms with E-state index in [-0.39, 0.29) is 17.8 Å². The Morgan fingerprint density at radius 1 is 1.00 bits per heavy atom. The SMILES string of the molecule is O=C(c1ccc(F)cc1)N(CCCNCC1Cc2ccccc2O1)Cc1ccccc1. The standard InChI is InChI=1S/C26H27FN2O2/c27-23-13-11-21(12-14-23)26(30)29(19-20-7-2-1-3-8-20)16-6-15-28-18-24-17-22-9-4-5-10-25(22)31-24/h1-5,7-14,24,28H,6,15-19H2. The second-order valence-electron chi connectivity index (χ2n) is 7.83. The number of fused-ring (bicyclic) bond motifs is 1. The van der Waals surface area contributed by atoms with Crippen molar-refractivity contribution in [1.82, 2.24) is 10.2 Å². The number of nitrogens with one attached hydrogen (secondary N) is 1. The van der Waals surface area contributed by atoms with Crippen LogP contribution in [0, 0.1) is 5.82 Å². The van der Waals surface area contributed by atoms with E-state index in [4.69, 9.17) is 4.74 Å². The van der Waals surface area contributed by atoms with Crippen molar-refractivity contribution >= 4 is 5.91 Å². The molecule has 5 heteroatoms. The summed E-state index contributed by atoms with van der Waals surface area (Å²) in [4.78, 5) is 14.8. The van der Waals surface area contributed by atoms with Crippen LogP contribution in [0.25, 0.3) is 0 Å². The maximum Gasteiger partial charge on any atom is 0.254 e. The van der Waals surface area contributed by atoms with Crippen molar-refractivity contribution in [2.45, 2.75) is 25.5 Å². The zero-order valence-corrected chi connectivity index (χ0v) is 17.5. The lowest BCUT2D eigenvalue weighted by atomic mass is 10.1. The topological polar surface area (TPSA) is 41.6 Å². The third kappa shape index (κ3) is 5.70. The van der Waals surface area contributed by atoms with Crippen LogP contribution >= 0.6 is 0 Å². The predicted molar refractivity (Wildman–Crippen MR) is 120 cm³/mol. The number of ether oxygens (including phenoxy) is 1. The van der Waals surface area contributed by atoms with E-state index in [2.05, 4.69) is 11.4 Å². The fourth-order valence-corrected chi connectivity index (χ4v) is 3.86. The Balaban J connectivity index is 1.29. The lowest BCUT2D eigenvalue weighted by Crippen LogP contribution is -2.35. The highest BCUT2D eigenvalue weighted by Crippen LogP contribution is 2.27. The molecule has 1 aliphatic heterocycles. The summed E-state index contributed by atoms with van der Waals surface area (Å²) in [6, 6.07) is 23.8. The number of para-hydroxylation sites is 1. The molecule has 3 aromatic rings. The van der Waals surface area contributed by atoms with Crippen molar-refractivity contribution in [3.8, 4) is 5.75 Å². The summed E-state index contributed by atoms with van der Waals surface area (Å²) in [5, 5.41) is 3.46. The van der Waals surface area contributed by atoms with Gasteiger partial charge in [0.15, 0.2) is 0 Å². The third-order valence-electron chi connectivity index (χ3n) is 5.46. The van der Waals surface area contributed by atoms with E-state index < -0.39 is 0 Å². The van der Waals surface area contributed by atoms with Gasteiger partial charge in [0, 0.05) is 31.6 Å². The van der Waals surface area contributed by atoms with Gasteiger partial charge in [-0.3, -0.25) is 4.79 Å². The van der Waals surface area contributed by atoms with Gasteiger partial charge >= 0.3 is 0 Å². The van der Waals surface area contributed by atoms with E-state index in [9.17, 15) is 9.18 Å². The van der Waals surface area contributed by atoms with Gasteiger partial charge in [0.1, 0.15) is 17.7 Å². The summed E-state index contributed by atoms with van der Waals surface area (Å²) in [6.07, 6.45) is 1.89. The number of nitrogens with zero attached hydrogens (tertiary/aromatic N) is 1. The first kappa shape index (κ1) is 21.1. The van der Waals surface area contributed by atoms with Crippen molar-refractivity contribution in [3.05, 3.63) is 101 Å². The fraction of sp³-hybridized carbons (Fsp3) is 0.269. The number of carbonyl (C=O) groups excluding carboxylic acids is 1. The summed E-state index contributed by atoms with van der Waals surface area (Å²) < 4.78 is 19.2. The average molecular weight is 419 g/mol. The van der Waals surface area contributed by atoms with Gasteiger partial charge in [-0.2, -0.15) is 0 Å². The number of benzene rings is 3. The molecule has 4 nitrogen and oxygen atoms in total. The minimum Gasteiger partial charge on any atom is -0.488 e. The molecule has 0 aliphatic carbocycles. The van der Waals surface area contributed by atoms with Crippen LogP contribution in [0.5, 0.6) is 5.75 Å². The predicted octanol–water partition coefficient (Wildman–Crippen LogP) is 4.45. The Morgan fingerprint density at radius 2 is 1.74 bits per heavy atom. The Morgan fingerprint density at radius 3 is 2.52 bits per heavy atom. The van der Waals surface area contributed by atoms with Gasteiger partial charge in [-0.05, 0) is 54.4 Å². The molecule has 3 aromatic carbocycles. The van der Waals surface area contributed by atoms with Gasteiger partial charge in [0.25, 0.3) is 5.91 Å². The molecule has 4 rings (SSSR count). The van der Waals surface area contributed by atoms with Crippen LogP contribution in [-0.4, -0.2) is 36.5 Å². The molecule has 0 bridgehead atoms. The first-order valence-corrected chi connectivity index (χ1v) is 10.7. The molecule has 0 aromatic heterocycles. The van der Waals surface area contributed by atoms with Gasteiger partial charge in [0.2, 0.25) is 0 Å². The number of hydrogen-bond acceptors (Lipinski definition) is 3. The monoisotopic (exact) mass is 418 g/mol. The molecule has 1 atom stereocenters. The van der Waals surface area contributed by atoms with Crippen LogP contribution < -0.4 is 10.1 Å². The average Bonchev–Trinajstić information content (AvgIpc) is 3.22. The molecule has 0 fully saturated rings. The van der Waals surface area contributed by atoms with Crippen LogP contribution in [0.15, 0.2) is 78.9 Å². The van der Waals surface area contributed by atoms with Gasteiger partial charge in [-0.1, -0.05) is 48.5 Å². The summed E-state index contributed by atoms with van der Waals surface area (Å²) in [6.45, 7) is 2.71. The van der Waals surface area contributed by atoms with Crippen LogP contribution in [-0.2, 0) is 13.0 Å². The van der Waals surface area contributed by atoms with E-state index >= 15 is 0 Å². The first-order valence-electron chi connectivity index (χ1n) is 10.7. The van der Waals surface area contributed by atoms with Crippen molar-refractivity contribution in [3.63, 3.8) is 0 Å². The molecule has 1 aliphatic rings. The highest BCUT2D eigenvalue weighted by Gasteiger charge is 2.21. The lowest BCUT2D eigenvalue weighted by molar-refractivity contribution is 0.0740. The Bertz CT molecular complexity index is 967. The second kappa shape index (κ2) is 10.2. The molecule has 0 saturated carbocycles. The van der Waals surface area contributed by atoms with E-state index in [1.165, 1.54) is 17.7 Å². The lowest BCUT2D eigenvalue weighted by Gasteiger charge is -2.23. The number of amides is 1. The molecule has 0 saturated heterocycles.